The summed E-state index contributed by atoms with van der Waals surface area (Å²) in [6.45, 7) is 2.92. The van der Waals surface area contributed by atoms with Gasteiger partial charge in [0.1, 0.15) is 15.7 Å². The van der Waals surface area contributed by atoms with Gasteiger partial charge in [-0.15, -0.1) is 0 Å². The number of nitrogens with one attached hydrogen (secondary N) is 1. The molecule has 0 radical (unpaired) electrons. The number of rotatable bonds is 5. The van der Waals surface area contributed by atoms with Crippen LogP contribution in [0.5, 0.6) is 0 Å². The molecular weight excluding hydrogens is 322 g/mol. The SMILES string of the molecule is CC(NCc1nc2ccccc2n1C1CC1)C1CCS(=O)(=O)CC1. The molecule has 0 bridgehead atoms. The molecule has 1 aliphatic carbocycles. The normalized spacial score (nSPS) is 22.7. The Morgan fingerprint density at radius 2 is 1.92 bits per heavy atom. The predicted molar refractivity (Wildman–Crippen MR) is 95.7 cm³/mol. The molecule has 2 heterocycles. The van der Waals surface area contributed by atoms with Crippen LogP contribution in [0.2, 0.25) is 0 Å². The summed E-state index contributed by atoms with van der Waals surface area (Å²) in [5.41, 5.74) is 2.30. The standard InChI is InChI=1S/C18H25N3O2S/c1-13(14-8-10-24(22,23)11-9-14)19-12-18-20-16-4-2-3-5-17(16)21(18)15-6-7-15/h2-5,13-15,19H,6-12H2,1H3. The van der Waals surface area contributed by atoms with Gasteiger partial charge in [0.2, 0.25) is 0 Å². The summed E-state index contributed by atoms with van der Waals surface area (Å²) in [5, 5.41) is 3.60. The largest absolute Gasteiger partial charge is 0.324 e. The van der Waals surface area contributed by atoms with E-state index in [2.05, 4.69) is 35.0 Å². The molecule has 1 N–H and O–H groups in total. The van der Waals surface area contributed by atoms with Gasteiger partial charge in [0.05, 0.1) is 29.1 Å². The third-order valence-electron chi connectivity index (χ3n) is 5.47. The van der Waals surface area contributed by atoms with Crippen LogP contribution < -0.4 is 5.32 Å². The summed E-state index contributed by atoms with van der Waals surface area (Å²) in [7, 11) is -2.79. The van der Waals surface area contributed by atoms with Gasteiger partial charge in [-0.2, -0.15) is 0 Å². The summed E-state index contributed by atoms with van der Waals surface area (Å²) in [4.78, 5) is 4.82. The monoisotopic (exact) mass is 347 g/mol. The predicted octanol–water partition coefficient (Wildman–Crippen LogP) is 2.67. The van der Waals surface area contributed by atoms with Crippen molar-refractivity contribution in [2.45, 2.75) is 51.2 Å². The van der Waals surface area contributed by atoms with Gasteiger partial charge in [-0.25, -0.2) is 13.4 Å². The molecule has 1 atom stereocenters. The highest BCUT2D eigenvalue weighted by molar-refractivity contribution is 7.91. The summed E-state index contributed by atoms with van der Waals surface area (Å²) < 4.78 is 25.6. The van der Waals surface area contributed by atoms with Crippen molar-refractivity contribution in [1.29, 1.82) is 0 Å². The van der Waals surface area contributed by atoms with E-state index in [4.69, 9.17) is 4.98 Å². The second-order valence-corrected chi connectivity index (χ2v) is 9.58. The second-order valence-electron chi connectivity index (χ2n) is 7.28. The fraction of sp³-hybridized carbons (Fsp3) is 0.611. The molecule has 2 aromatic rings. The number of para-hydroxylation sites is 2. The van der Waals surface area contributed by atoms with Gasteiger partial charge in [-0.1, -0.05) is 12.1 Å². The molecule has 1 saturated carbocycles. The molecule has 130 valence electrons. The van der Waals surface area contributed by atoms with Crippen LogP contribution in [0.3, 0.4) is 0 Å². The van der Waals surface area contributed by atoms with E-state index in [9.17, 15) is 8.42 Å². The van der Waals surface area contributed by atoms with Gasteiger partial charge >= 0.3 is 0 Å². The van der Waals surface area contributed by atoms with Crippen LogP contribution in [-0.4, -0.2) is 35.5 Å². The van der Waals surface area contributed by atoms with Crippen LogP contribution in [0, 0.1) is 5.92 Å². The van der Waals surface area contributed by atoms with Crippen molar-refractivity contribution in [3.63, 3.8) is 0 Å². The molecule has 2 fully saturated rings. The first-order valence-corrected chi connectivity index (χ1v) is 10.8. The number of fused-ring (bicyclic) bond motifs is 1. The maximum absolute atomic E-state index is 11.6. The highest BCUT2D eigenvalue weighted by Crippen LogP contribution is 2.38. The summed E-state index contributed by atoms with van der Waals surface area (Å²) >= 11 is 0. The first-order chi connectivity index (χ1) is 11.5. The fourth-order valence-electron chi connectivity index (χ4n) is 3.79. The minimum atomic E-state index is -2.79. The number of benzene rings is 1. The quantitative estimate of drug-likeness (QED) is 0.903. The lowest BCUT2D eigenvalue weighted by Gasteiger charge is -2.28. The van der Waals surface area contributed by atoms with Gasteiger partial charge in [0.25, 0.3) is 0 Å². The van der Waals surface area contributed by atoms with E-state index in [0.717, 1.165) is 30.7 Å². The van der Waals surface area contributed by atoms with E-state index in [1.54, 1.807) is 0 Å². The molecule has 1 saturated heterocycles. The highest BCUT2D eigenvalue weighted by Gasteiger charge is 2.30. The van der Waals surface area contributed by atoms with Crippen molar-refractivity contribution >= 4 is 20.9 Å². The minimum absolute atomic E-state index is 0.313. The summed E-state index contributed by atoms with van der Waals surface area (Å²) in [6.07, 6.45) is 4.03. The molecule has 0 spiro atoms. The van der Waals surface area contributed by atoms with E-state index >= 15 is 0 Å². The Kier molecular flexibility index (Phi) is 4.12. The Hall–Kier alpha value is -1.40. The smallest absolute Gasteiger partial charge is 0.150 e. The maximum Gasteiger partial charge on any atom is 0.150 e. The molecule has 1 unspecified atom stereocenters. The van der Waals surface area contributed by atoms with Crippen LogP contribution in [0.1, 0.15) is 44.5 Å². The molecule has 2 aliphatic rings. The molecular formula is C18H25N3O2S. The Morgan fingerprint density at radius 3 is 2.62 bits per heavy atom. The number of sulfone groups is 1. The van der Waals surface area contributed by atoms with Gasteiger partial charge in [0.15, 0.2) is 0 Å². The second kappa shape index (κ2) is 6.15. The molecule has 4 rings (SSSR count). The first kappa shape index (κ1) is 16.1. The first-order valence-electron chi connectivity index (χ1n) is 8.93. The Balaban J connectivity index is 1.46. The average molecular weight is 347 g/mol. The molecule has 1 aromatic heterocycles. The van der Waals surface area contributed by atoms with Crippen molar-refractivity contribution in [1.82, 2.24) is 14.9 Å². The number of aromatic nitrogens is 2. The third kappa shape index (κ3) is 3.22. The number of nitrogens with zero attached hydrogens (tertiary/aromatic N) is 2. The van der Waals surface area contributed by atoms with E-state index in [1.807, 2.05) is 6.07 Å². The zero-order chi connectivity index (χ0) is 16.7. The van der Waals surface area contributed by atoms with Crippen LogP contribution in [-0.2, 0) is 16.4 Å². The number of hydrogen-bond acceptors (Lipinski definition) is 4. The van der Waals surface area contributed by atoms with E-state index < -0.39 is 9.84 Å². The van der Waals surface area contributed by atoms with Gasteiger partial charge in [-0.05, 0) is 50.7 Å². The Morgan fingerprint density at radius 1 is 1.21 bits per heavy atom. The fourth-order valence-corrected chi connectivity index (χ4v) is 5.31. The lowest BCUT2D eigenvalue weighted by molar-refractivity contribution is 0.341. The molecule has 5 nitrogen and oxygen atoms in total. The third-order valence-corrected chi connectivity index (χ3v) is 7.18. The molecule has 6 heteroatoms. The molecule has 24 heavy (non-hydrogen) atoms. The van der Waals surface area contributed by atoms with Crippen LogP contribution >= 0.6 is 0 Å². The van der Waals surface area contributed by atoms with E-state index in [0.29, 0.717) is 29.5 Å². The lowest BCUT2D eigenvalue weighted by Crippen LogP contribution is -2.38. The molecule has 1 aliphatic heterocycles. The van der Waals surface area contributed by atoms with Gasteiger partial charge < -0.3 is 9.88 Å². The zero-order valence-electron chi connectivity index (χ0n) is 14.1. The Bertz CT molecular complexity index is 825. The van der Waals surface area contributed by atoms with Crippen molar-refractivity contribution in [3.05, 3.63) is 30.1 Å². The summed E-state index contributed by atoms with van der Waals surface area (Å²) in [6, 6.07) is 9.25. The van der Waals surface area contributed by atoms with Crippen LogP contribution in [0.15, 0.2) is 24.3 Å². The maximum atomic E-state index is 11.6. The average Bonchev–Trinajstić information content (AvgIpc) is 3.33. The van der Waals surface area contributed by atoms with Gasteiger partial charge in [0, 0.05) is 12.1 Å². The van der Waals surface area contributed by atoms with Crippen LogP contribution in [0.25, 0.3) is 11.0 Å². The zero-order valence-corrected chi connectivity index (χ0v) is 14.9. The van der Waals surface area contributed by atoms with Gasteiger partial charge in [-0.3, -0.25) is 0 Å². The van der Waals surface area contributed by atoms with Crippen molar-refractivity contribution < 1.29 is 8.42 Å². The van der Waals surface area contributed by atoms with Crippen molar-refractivity contribution in [3.8, 4) is 0 Å². The Labute approximate surface area is 143 Å². The summed E-state index contributed by atoms with van der Waals surface area (Å²) in [5.74, 6) is 2.22. The van der Waals surface area contributed by atoms with Crippen molar-refractivity contribution in [2.75, 3.05) is 11.5 Å². The van der Waals surface area contributed by atoms with Crippen LogP contribution in [0.4, 0.5) is 0 Å². The topological polar surface area (TPSA) is 64.0 Å². The van der Waals surface area contributed by atoms with Crippen molar-refractivity contribution in [2.24, 2.45) is 5.92 Å². The number of imidazole rings is 1. The minimum Gasteiger partial charge on any atom is -0.324 e. The van der Waals surface area contributed by atoms with E-state index in [-0.39, 0.29) is 0 Å². The highest BCUT2D eigenvalue weighted by atomic mass is 32.2. The lowest BCUT2D eigenvalue weighted by atomic mass is 9.95. The number of hydrogen-bond donors (Lipinski definition) is 1. The molecule has 1 aromatic carbocycles. The molecule has 0 amide bonds. The van der Waals surface area contributed by atoms with E-state index in [1.165, 1.54) is 18.4 Å².